The molecule has 0 N–H and O–H groups in total. The van der Waals surface area contributed by atoms with Crippen molar-refractivity contribution in [2.75, 3.05) is 13.2 Å². The minimum absolute atomic E-state index is 0.517. The highest BCUT2D eigenvalue weighted by atomic mass is 28.3. The predicted molar refractivity (Wildman–Crippen MR) is 66.9 cm³/mol. The summed E-state index contributed by atoms with van der Waals surface area (Å²) in [6, 6.07) is 0. The van der Waals surface area contributed by atoms with Crippen LogP contribution in [0.2, 0.25) is 26.2 Å². The van der Waals surface area contributed by atoms with E-state index in [0.717, 1.165) is 13.2 Å². The zero-order valence-corrected chi connectivity index (χ0v) is 11.6. The third-order valence-electron chi connectivity index (χ3n) is 1.47. The van der Waals surface area contributed by atoms with E-state index in [1.807, 2.05) is 0 Å². The quantitative estimate of drug-likeness (QED) is 0.486. The molecule has 0 amide bonds. The van der Waals surface area contributed by atoms with Gasteiger partial charge in [0.05, 0.1) is 30.8 Å². The zero-order valence-electron chi connectivity index (χ0n) is 9.29. The Morgan fingerprint density at radius 3 is 1.54 bits per heavy atom. The lowest BCUT2D eigenvalue weighted by molar-refractivity contribution is 0.194. The van der Waals surface area contributed by atoms with Crippen LogP contribution in [0.25, 0.3) is 0 Å². The van der Waals surface area contributed by atoms with Gasteiger partial charge in [-0.3, -0.25) is 0 Å². The molecule has 3 heteroatoms. The van der Waals surface area contributed by atoms with Crippen molar-refractivity contribution >= 4 is 17.6 Å². The summed E-state index contributed by atoms with van der Waals surface area (Å²) < 4.78 is 5.41. The van der Waals surface area contributed by atoms with Crippen molar-refractivity contribution in [1.29, 1.82) is 0 Å². The molecule has 76 valence electrons. The Morgan fingerprint density at radius 1 is 0.846 bits per heavy atom. The number of hydrogen-bond acceptors (Lipinski definition) is 1. The van der Waals surface area contributed by atoms with E-state index in [-0.39, 0.29) is 0 Å². The highest BCUT2D eigenvalue weighted by Crippen LogP contribution is 1.86. The second kappa shape index (κ2) is 8.47. The molecule has 0 saturated carbocycles. The van der Waals surface area contributed by atoms with Crippen LogP contribution in [0.3, 0.4) is 0 Å². The van der Waals surface area contributed by atoms with Gasteiger partial charge in [0, 0.05) is 0 Å². The van der Waals surface area contributed by atoms with E-state index >= 15 is 0 Å². The smallest absolute Gasteiger partial charge is 0.0648 e. The summed E-state index contributed by atoms with van der Waals surface area (Å²) in [5, 5.41) is 0. The molecular formula is C10H22OSi2. The first-order chi connectivity index (χ1) is 6.13. The van der Waals surface area contributed by atoms with Gasteiger partial charge < -0.3 is 4.74 Å². The van der Waals surface area contributed by atoms with Gasteiger partial charge in [-0.1, -0.05) is 49.7 Å². The van der Waals surface area contributed by atoms with E-state index in [1.54, 1.807) is 0 Å². The van der Waals surface area contributed by atoms with Gasteiger partial charge in [-0.2, -0.15) is 0 Å². The van der Waals surface area contributed by atoms with E-state index in [4.69, 9.17) is 4.74 Å². The summed E-state index contributed by atoms with van der Waals surface area (Å²) in [7, 11) is -1.03. The van der Waals surface area contributed by atoms with E-state index in [0.29, 0.717) is 0 Å². The average Bonchev–Trinajstić information content (AvgIpc) is 2.01. The molecule has 0 spiro atoms. The molecule has 0 aromatic carbocycles. The summed E-state index contributed by atoms with van der Waals surface area (Å²) in [5.74, 6) is 0. The van der Waals surface area contributed by atoms with Crippen LogP contribution in [0.5, 0.6) is 0 Å². The molecule has 1 nitrogen and oxygen atoms in total. The second-order valence-corrected chi connectivity index (χ2v) is 9.63. The average molecular weight is 214 g/mol. The van der Waals surface area contributed by atoms with E-state index in [1.165, 1.54) is 0 Å². The Labute approximate surface area is 85.7 Å². The molecule has 0 saturated heterocycles. The van der Waals surface area contributed by atoms with Crippen molar-refractivity contribution in [2.45, 2.75) is 26.2 Å². The first-order valence-electron chi connectivity index (χ1n) is 5.04. The van der Waals surface area contributed by atoms with Crippen LogP contribution in [0.1, 0.15) is 0 Å². The van der Waals surface area contributed by atoms with Crippen molar-refractivity contribution in [3.05, 3.63) is 23.6 Å². The van der Waals surface area contributed by atoms with Crippen LogP contribution in [0.15, 0.2) is 23.6 Å². The Morgan fingerprint density at radius 2 is 1.23 bits per heavy atom. The molecule has 0 aromatic heterocycles. The summed E-state index contributed by atoms with van der Waals surface area (Å²) in [5.41, 5.74) is 4.61. The van der Waals surface area contributed by atoms with Crippen molar-refractivity contribution in [3.63, 3.8) is 0 Å². The van der Waals surface area contributed by atoms with Crippen molar-refractivity contribution < 1.29 is 4.74 Å². The van der Waals surface area contributed by atoms with Gasteiger partial charge in [0.2, 0.25) is 0 Å². The fraction of sp³-hybridized carbons (Fsp3) is 0.600. The first kappa shape index (κ1) is 12.9. The third kappa shape index (κ3) is 11.9. The Kier molecular flexibility index (Phi) is 8.39. The van der Waals surface area contributed by atoms with Gasteiger partial charge in [-0.25, -0.2) is 0 Å². The molecule has 0 radical (unpaired) electrons. The summed E-state index contributed by atoms with van der Waals surface area (Å²) in [4.78, 5) is 0. The van der Waals surface area contributed by atoms with Crippen LogP contribution < -0.4 is 0 Å². The monoisotopic (exact) mass is 214 g/mol. The van der Waals surface area contributed by atoms with Gasteiger partial charge in [-0.05, 0) is 0 Å². The third-order valence-corrected chi connectivity index (χ3v) is 3.55. The molecule has 0 aliphatic rings. The largest absolute Gasteiger partial charge is 0.373 e. The molecule has 0 fully saturated rings. The van der Waals surface area contributed by atoms with Gasteiger partial charge in [0.1, 0.15) is 0 Å². The maximum absolute atomic E-state index is 5.41. The summed E-state index contributed by atoms with van der Waals surface area (Å²) in [6.07, 6.45) is 4.30. The van der Waals surface area contributed by atoms with Gasteiger partial charge in [-0.15, -0.1) is 0 Å². The standard InChI is InChI=1S/C10H22OSi2/c1-12(2)9-5-7-11-8-6-10-13(3)4/h5-6,9-10,12-13H,7-8H2,1-4H3. The minimum atomic E-state index is -0.517. The Balaban J connectivity index is 3.26. The number of rotatable bonds is 6. The van der Waals surface area contributed by atoms with Gasteiger partial charge in [0.25, 0.3) is 0 Å². The van der Waals surface area contributed by atoms with Crippen LogP contribution in [-0.2, 0) is 4.74 Å². The maximum atomic E-state index is 5.41. The molecule has 0 atom stereocenters. The molecule has 0 aliphatic heterocycles. The summed E-state index contributed by atoms with van der Waals surface area (Å²) in [6.45, 7) is 10.8. The summed E-state index contributed by atoms with van der Waals surface area (Å²) >= 11 is 0. The van der Waals surface area contributed by atoms with Crippen LogP contribution in [0, 0.1) is 0 Å². The second-order valence-electron chi connectivity index (χ2n) is 3.88. The van der Waals surface area contributed by atoms with Crippen LogP contribution in [-0.4, -0.2) is 30.8 Å². The lowest BCUT2D eigenvalue weighted by atomic mass is 10.6. The SMILES string of the molecule is C[SiH](C)C=CCOCC=C[SiH](C)C. The number of hydrogen-bond donors (Lipinski definition) is 0. The van der Waals surface area contributed by atoms with E-state index < -0.39 is 17.6 Å². The van der Waals surface area contributed by atoms with Crippen molar-refractivity contribution in [3.8, 4) is 0 Å². The van der Waals surface area contributed by atoms with E-state index in [9.17, 15) is 0 Å². The minimum Gasteiger partial charge on any atom is -0.373 e. The van der Waals surface area contributed by atoms with E-state index in [2.05, 4.69) is 49.7 Å². The van der Waals surface area contributed by atoms with Gasteiger partial charge >= 0.3 is 0 Å². The van der Waals surface area contributed by atoms with Crippen LogP contribution in [0.4, 0.5) is 0 Å². The molecule has 0 aromatic rings. The molecule has 13 heavy (non-hydrogen) atoms. The molecule has 0 unspecified atom stereocenters. The fourth-order valence-corrected chi connectivity index (χ4v) is 2.17. The van der Waals surface area contributed by atoms with Gasteiger partial charge in [0.15, 0.2) is 0 Å². The molecule has 0 aliphatic carbocycles. The number of ether oxygens (including phenoxy) is 1. The van der Waals surface area contributed by atoms with Crippen LogP contribution >= 0.6 is 0 Å². The molecule has 0 heterocycles. The highest BCUT2D eigenvalue weighted by molar-refractivity contribution is 6.61. The Bertz CT molecular complexity index is 144. The van der Waals surface area contributed by atoms with Crippen molar-refractivity contribution in [1.82, 2.24) is 0 Å². The first-order valence-corrected chi connectivity index (χ1v) is 11.0. The molecule has 0 rings (SSSR count). The normalized spacial score (nSPS) is 12.8. The molecular weight excluding hydrogens is 192 g/mol. The lowest BCUT2D eigenvalue weighted by Crippen LogP contribution is -1.98. The van der Waals surface area contributed by atoms with Crippen molar-refractivity contribution in [2.24, 2.45) is 0 Å². The lowest BCUT2D eigenvalue weighted by Gasteiger charge is -1.96. The maximum Gasteiger partial charge on any atom is 0.0648 e. The Hall–Kier alpha value is -0.126. The predicted octanol–water partition coefficient (Wildman–Crippen LogP) is 2.17. The zero-order chi connectivity index (χ0) is 10.1. The molecule has 0 bridgehead atoms. The topological polar surface area (TPSA) is 9.23 Å². The highest BCUT2D eigenvalue weighted by Gasteiger charge is 1.86. The fourth-order valence-electron chi connectivity index (χ4n) is 0.860.